The Kier molecular flexibility index (Phi) is 36.4. The van der Waals surface area contributed by atoms with Crippen molar-refractivity contribution in [3.63, 3.8) is 0 Å². The number of amides is 2. The van der Waals surface area contributed by atoms with Crippen molar-refractivity contribution >= 4 is 29.7 Å². The molecule has 7 saturated heterocycles. The van der Waals surface area contributed by atoms with Crippen LogP contribution in [0.15, 0.2) is 172 Å². The van der Waals surface area contributed by atoms with Crippen molar-refractivity contribution in [1.29, 1.82) is 0 Å². The van der Waals surface area contributed by atoms with E-state index in [2.05, 4.69) is 108 Å². The topological polar surface area (TPSA) is 364 Å². The van der Waals surface area contributed by atoms with Gasteiger partial charge in [-0.25, -0.2) is 4.79 Å². The van der Waals surface area contributed by atoms with Gasteiger partial charge >= 0.3 is 17.9 Å². The number of rotatable bonds is 26. The van der Waals surface area contributed by atoms with E-state index in [0.717, 1.165) is 72.8 Å². The summed E-state index contributed by atoms with van der Waals surface area (Å²) >= 11 is 0. The van der Waals surface area contributed by atoms with E-state index >= 15 is 0 Å². The van der Waals surface area contributed by atoms with Gasteiger partial charge in [0.15, 0.2) is 0 Å². The highest BCUT2D eigenvalue weighted by Crippen LogP contribution is 2.45. The largest absolute Gasteiger partial charge is 0.478 e. The predicted octanol–water partition coefficient (Wildman–Crippen LogP) is 11.6. The number of nitrogens with two attached hydrogens (primary N) is 1. The molecule has 0 bridgehead atoms. The van der Waals surface area contributed by atoms with E-state index in [4.69, 9.17) is 57.8 Å². The fourth-order valence-corrected chi connectivity index (χ4v) is 13.4. The lowest BCUT2D eigenvalue weighted by atomic mass is 9.87. The lowest BCUT2D eigenvalue weighted by Crippen LogP contribution is -2.50. The number of methoxy groups -OCH3 is 2. The number of epoxide rings is 2. The third-order valence-corrected chi connectivity index (χ3v) is 21.0. The molecule has 3 aromatic heterocycles. The van der Waals surface area contributed by atoms with Gasteiger partial charge in [0, 0.05) is 60.9 Å². The predicted molar refractivity (Wildman–Crippen MR) is 410 cm³/mol. The number of aliphatic hydroxyl groups excluding tert-OH is 2. The molecule has 23 atom stereocenters. The van der Waals surface area contributed by atoms with Crippen LogP contribution in [-0.2, 0) is 66.6 Å². The number of nitrogens with zero attached hydrogens (tertiary/aromatic N) is 3. The number of allylic oxidation sites excluding steroid dienone is 9. The molecule has 7 aliphatic heterocycles. The molecule has 0 aromatic carbocycles. The number of carboxylic acids is 1. The zero-order chi connectivity index (χ0) is 80.1. The van der Waals surface area contributed by atoms with Gasteiger partial charge in [-0.2, -0.15) is 0 Å². The number of hydrogen-bond donors (Lipinski definition) is 6. The molecule has 26 heteroatoms. The zero-order valence-corrected chi connectivity index (χ0v) is 66.0. The number of carboxylic acid groups (broad SMARTS) is 1. The van der Waals surface area contributed by atoms with Crippen LogP contribution in [0.2, 0.25) is 0 Å². The van der Waals surface area contributed by atoms with E-state index in [1.165, 1.54) is 44.7 Å². The van der Waals surface area contributed by atoms with Crippen LogP contribution in [-0.4, -0.2) is 191 Å². The molecular formula is C83H120N6O20. The van der Waals surface area contributed by atoms with Crippen LogP contribution in [0.3, 0.4) is 0 Å². The summed E-state index contributed by atoms with van der Waals surface area (Å²) in [4.78, 5) is 57.8. The lowest BCUT2D eigenvalue weighted by molar-refractivity contribution is -0.158. The van der Waals surface area contributed by atoms with Gasteiger partial charge in [-0.1, -0.05) is 154 Å². The highest BCUT2D eigenvalue weighted by molar-refractivity contribution is 5.88. The highest BCUT2D eigenvalue weighted by atomic mass is 16.6. The summed E-state index contributed by atoms with van der Waals surface area (Å²) in [6.07, 6.45) is 33.4. The molecular weight excluding hydrogens is 1400 g/mol. The van der Waals surface area contributed by atoms with Crippen molar-refractivity contribution in [3.8, 4) is 0 Å². The molecule has 0 aliphatic carbocycles. The SMILES string of the molecule is C=C/C(C)=C/C[C@@H]1O[C@H](C)[C@H](N)C[C@@H]1C.C=C/C(C)=C/C[C@@H]1O[C@H](C)[C@H](NC(=O)/C=C\C(C)c2ccon2)C[C@@H]1C.C=C[C@H]1O[C@H](CC(=O)OC)C[C@@]2(CO2)[C@@H]1O.CC(/C=C\C(=O)O)c1ccon1.COC(=O)C[C@@H]1C[C@@]2(CO2)[C@H](O)[C@@H](/C=C/C(C)=C/C[C@@H]2O[C@H](C)[C@H](NC(=O)/C=C\C(C)c3ccon3)C[C@@H]2C)O1. The zero-order valence-electron chi connectivity index (χ0n) is 66.0. The van der Waals surface area contributed by atoms with E-state index in [9.17, 15) is 34.2 Å². The second kappa shape index (κ2) is 44.1. The second-order valence-corrected chi connectivity index (χ2v) is 29.8. The van der Waals surface area contributed by atoms with Crippen molar-refractivity contribution in [2.75, 3.05) is 27.4 Å². The monoisotopic (exact) mass is 1520 g/mol. The Morgan fingerprint density at radius 3 is 1.28 bits per heavy atom. The first kappa shape index (κ1) is 89.9. The molecule has 10 heterocycles. The van der Waals surface area contributed by atoms with Gasteiger partial charge in [0.25, 0.3) is 0 Å². The fourth-order valence-electron chi connectivity index (χ4n) is 13.4. The van der Waals surface area contributed by atoms with E-state index in [1.54, 1.807) is 36.4 Å². The summed E-state index contributed by atoms with van der Waals surface area (Å²) < 4.78 is 64.4. The second-order valence-electron chi connectivity index (χ2n) is 29.8. The fraction of sp³-hybridized carbons (Fsp3) is 0.590. The number of aliphatic carboxylic acids is 1. The third-order valence-electron chi connectivity index (χ3n) is 21.0. The Bertz CT molecular complexity index is 3550. The van der Waals surface area contributed by atoms with Crippen LogP contribution >= 0.6 is 0 Å². The maximum Gasteiger partial charge on any atom is 0.327 e. The van der Waals surface area contributed by atoms with Crippen LogP contribution in [0, 0.1) is 17.8 Å². The molecule has 0 radical (unpaired) electrons. The van der Waals surface area contributed by atoms with E-state index < -0.39 is 41.6 Å². The Labute approximate surface area is 642 Å². The Hall–Kier alpha value is -8.02. The van der Waals surface area contributed by atoms with Gasteiger partial charge in [-0.15, -0.1) is 6.58 Å². The molecule has 3 unspecified atom stereocenters. The molecule has 7 fully saturated rings. The average molecular weight is 1520 g/mol. The minimum atomic E-state index is -0.953. The molecule has 602 valence electrons. The Balaban J connectivity index is 0.000000230. The summed E-state index contributed by atoms with van der Waals surface area (Å²) in [5.41, 5.74) is 10.5. The van der Waals surface area contributed by atoms with Crippen LogP contribution in [0.1, 0.15) is 182 Å². The molecule has 3 aromatic rings. The maximum atomic E-state index is 12.5. The number of esters is 2. The highest BCUT2D eigenvalue weighted by Gasteiger charge is 2.59. The van der Waals surface area contributed by atoms with Crippen LogP contribution < -0.4 is 16.4 Å². The van der Waals surface area contributed by atoms with Gasteiger partial charge in [0.05, 0.1) is 118 Å². The normalized spacial score (nSPS) is 32.4. The summed E-state index contributed by atoms with van der Waals surface area (Å²) in [6.45, 7) is 36.6. The molecule has 7 N–H and O–H groups in total. The first-order valence-corrected chi connectivity index (χ1v) is 37.8. The van der Waals surface area contributed by atoms with Crippen molar-refractivity contribution in [1.82, 2.24) is 26.1 Å². The summed E-state index contributed by atoms with van der Waals surface area (Å²) in [5.74, 6) is -0.712. The Morgan fingerprint density at radius 2 is 0.927 bits per heavy atom. The molecule has 2 amide bonds. The Morgan fingerprint density at radius 1 is 0.560 bits per heavy atom. The van der Waals surface area contributed by atoms with Gasteiger partial charge in [0.2, 0.25) is 11.8 Å². The molecule has 7 aliphatic rings. The van der Waals surface area contributed by atoms with E-state index in [0.29, 0.717) is 44.0 Å². The number of hydrogen-bond acceptors (Lipinski definition) is 23. The van der Waals surface area contributed by atoms with Crippen LogP contribution in [0.5, 0.6) is 0 Å². The van der Waals surface area contributed by atoms with Gasteiger partial charge in [-0.3, -0.25) is 19.2 Å². The molecule has 2 spiro atoms. The molecule has 109 heavy (non-hydrogen) atoms. The first-order chi connectivity index (χ1) is 51.8. The van der Waals surface area contributed by atoms with Gasteiger partial charge < -0.3 is 87.9 Å². The minimum Gasteiger partial charge on any atom is -0.478 e. The minimum absolute atomic E-state index is 0.0149. The van der Waals surface area contributed by atoms with Crippen molar-refractivity contribution < 1.29 is 95.5 Å². The number of carbonyl (C=O) groups excluding carboxylic acids is 4. The quantitative estimate of drug-likeness (QED) is 0.0143. The molecule has 0 saturated carbocycles. The molecule has 26 nitrogen and oxygen atoms in total. The van der Waals surface area contributed by atoms with Gasteiger partial charge in [-0.05, 0) is 110 Å². The smallest absolute Gasteiger partial charge is 0.327 e. The van der Waals surface area contributed by atoms with Crippen molar-refractivity contribution in [2.24, 2.45) is 23.5 Å². The third kappa shape index (κ3) is 29.0. The van der Waals surface area contributed by atoms with Crippen LogP contribution in [0.25, 0.3) is 0 Å². The number of nitrogens with one attached hydrogen (secondary N) is 2. The first-order valence-electron chi connectivity index (χ1n) is 37.8. The number of ether oxygens (including phenoxy) is 9. The van der Waals surface area contributed by atoms with Crippen LogP contribution in [0.4, 0.5) is 0 Å². The van der Waals surface area contributed by atoms with E-state index in [-0.39, 0.29) is 121 Å². The maximum absolute atomic E-state index is 12.5. The summed E-state index contributed by atoms with van der Waals surface area (Å²) in [7, 11) is 2.69. The number of aromatic nitrogens is 3. The molecule has 10 rings (SSSR count). The lowest BCUT2D eigenvalue weighted by Gasteiger charge is -2.39. The summed E-state index contributed by atoms with van der Waals surface area (Å²) in [6, 6.07) is 5.43. The van der Waals surface area contributed by atoms with Crippen molar-refractivity contribution in [3.05, 3.63) is 176 Å². The summed E-state index contributed by atoms with van der Waals surface area (Å²) in [5, 5.41) is 46.7. The van der Waals surface area contributed by atoms with Crippen molar-refractivity contribution in [2.45, 2.75) is 268 Å². The number of aliphatic hydroxyl groups is 2. The average Bonchev–Trinajstić information content (AvgIpc) is 1.60. The van der Waals surface area contributed by atoms with Gasteiger partial charge in [0.1, 0.15) is 54.4 Å². The number of carbonyl (C=O) groups is 5. The standard InChI is InChI=1S/C30H42N2O8.C21H30N2O3.C13H23NO.C11H16O5.C8H9NO3/c1-18(7-10-26-29(35)30(17-37-30)16-22(40-26)15-28(34)36-5)6-9-25-20(3)14-24(21(4)39-25)31-27(33)11-8-19(2)23-12-13-38-32-23;1-6-14(2)7-9-20-16(4)13-19(17(5)26-20)22-21(24)10-8-15(3)18-11-12-25-23-18;1-5-9(2)6-7-13-10(3)8-12(14)11(4)15-13;1-3-8-10(13)11(6-15-11)5-7(16-8)4-9(12)14-2;1-6(2-3-8(10)11)7-4-5-12-9-7/h6-8,10-13,19-22,24-26,29,35H,9,14-17H2,1-5H3,(H,31,33);6-8,10-12,15-17,19-20H,1,9,13H2,2-5H3,(H,22,24);5-6,10-13H,1,7-8,14H2,2-4H3;3,7-8,10,13H,1,4-6H2,2H3;2-6H,1H3,(H,10,11)/b10-7+,11-8-,18-6+;10-8-,14-7+;9-6+;;3-2-/t19?,20-,21+,22+,24+,25-,26+,29+,30+;15?,16-,17+,19+,20-;10-,11+,12+,13-;7-,8-,10-,11-;/m0001./s1. The van der Waals surface area contributed by atoms with E-state index in [1.807, 2.05) is 84.9 Å².